The Morgan fingerprint density at radius 1 is 1.15 bits per heavy atom. The van der Waals surface area contributed by atoms with Crippen molar-refractivity contribution in [2.45, 2.75) is 26.8 Å². The van der Waals surface area contributed by atoms with Crippen molar-refractivity contribution < 1.29 is 28.5 Å². The largest absolute Gasteiger partial charge is 1.00 e. The van der Waals surface area contributed by atoms with Crippen molar-refractivity contribution in [1.82, 2.24) is 4.98 Å². The lowest BCUT2D eigenvalue weighted by Crippen LogP contribution is -3.00. The van der Waals surface area contributed by atoms with Crippen molar-refractivity contribution in [2.24, 2.45) is 0 Å². The van der Waals surface area contributed by atoms with Gasteiger partial charge in [0.25, 0.3) is 0 Å². The number of thiazole rings is 1. The van der Waals surface area contributed by atoms with Gasteiger partial charge in [0.15, 0.2) is 12.4 Å². The number of hydrogen-bond donors (Lipinski definition) is 0. The molecule has 0 N–H and O–H groups in total. The van der Waals surface area contributed by atoms with Crippen molar-refractivity contribution in [3.63, 3.8) is 0 Å². The van der Waals surface area contributed by atoms with Crippen LogP contribution in [0.25, 0.3) is 20.8 Å². The fraction of sp³-hybridized carbons (Fsp3) is 0.250. The van der Waals surface area contributed by atoms with Crippen LogP contribution in [0.3, 0.4) is 0 Å². The molecule has 0 unspecified atom stereocenters. The Hall–Kier alpha value is -1.01. The third kappa shape index (κ3) is 3.17. The minimum atomic E-state index is 0. The summed E-state index contributed by atoms with van der Waals surface area (Å²) in [6.07, 6.45) is 5.43. The lowest BCUT2D eigenvalue weighted by molar-refractivity contribution is -0.696. The molecule has 0 saturated carbocycles. The Bertz CT molecular complexity index is 704. The first-order chi connectivity index (χ1) is 9.26. The van der Waals surface area contributed by atoms with Crippen LogP contribution in [0, 0.1) is 6.92 Å². The van der Waals surface area contributed by atoms with Crippen molar-refractivity contribution in [1.29, 1.82) is 0 Å². The van der Waals surface area contributed by atoms with Crippen LogP contribution in [0.15, 0.2) is 42.7 Å². The number of fused-ring (bicyclic) bond motifs is 1. The molecule has 0 amide bonds. The van der Waals surface area contributed by atoms with Gasteiger partial charge in [-0.2, -0.15) is 0 Å². The highest BCUT2D eigenvalue weighted by molar-refractivity contribution is 7.21. The topological polar surface area (TPSA) is 16.8 Å². The van der Waals surface area contributed by atoms with Gasteiger partial charge in [-0.25, -0.2) is 9.55 Å². The van der Waals surface area contributed by atoms with Crippen LogP contribution in [0.4, 0.5) is 0 Å². The summed E-state index contributed by atoms with van der Waals surface area (Å²) in [7, 11) is 0. The van der Waals surface area contributed by atoms with Crippen molar-refractivity contribution in [3.05, 3.63) is 48.3 Å². The maximum atomic E-state index is 4.71. The van der Waals surface area contributed by atoms with E-state index in [1.165, 1.54) is 15.8 Å². The smallest absolute Gasteiger partial charge is 0.169 e. The van der Waals surface area contributed by atoms with Gasteiger partial charge in [-0.05, 0) is 24.6 Å². The number of aromatic nitrogens is 2. The van der Waals surface area contributed by atoms with E-state index in [-0.39, 0.29) is 24.0 Å². The summed E-state index contributed by atoms with van der Waals surface area (Å²) in [5.74, 6) is 0. The fourth-order valence-electron chi connectivity index (χ4n) is 2.16. The monoisotopic (exact) mass is 396 g/mol. The first-order valence-electron chi connectivity index (χ1n) is 6.63. The molecule has 4 heteroatoms. The summed E-state index contributed by atoms with van der Waals surface area (Å²) in [6.45, 7) is 5.38. The third-order valence-corrected chi connectivity index (χ3v) is 4.23. The maximum Gasteiger partial charge on any atom is 0.169 e. The van der Waals surface area contributed by atoms with Crippen LogP contribution in [-0.2, 0) is 6.54 Å². The molecule has 0 bridgehead atoms. The predicted octanol–water partition coefficient (Wildman–Crippen LogP) is 0.973. The molecule has 20 heavy (non-hydrogen) atoms. The van der Waals surface area contributed by atoms with Crippen LogP contribution in [-0.4, -0.2) is 4.98 Å². The Morgan fingerprint density at radius 3 is 2.60 bits per heavy atom. The summed E-state index contributed by atoms with van der Waals surface area (Å²) >= 11 is 1.76. The van der Waals surface area contributed by atoms with Crippen molar-refractivity contribution >= 4 is 21.6 Å². The zero-order valence-electron chi connectivity index (χ0n) is 11.6. The summed E-state index contributed by atoms with van der Waals surface area (Å²) in [5, 5.41) is 1.10. The molecule has 104 valence electrons. The lowest BCUT2D eigenvalue weighted by atomic mass is 10.2. The summed E-state index contributed by atoms with van der Waals surface area (Å²) in [4.78, 5) is 4.71. The molecule has 0 aliphatic carbocycles. The number of pyridine rings is 1. The molecule has 0 radical (unpaired) electrons. The third-order valence-electron chi connectivity index (χ3n) is 3.16. The highest BCUT2D eigenvalue weighted by atomic mass is 127. The summed E-state index contributed by atoms with van der Waals surface area (Å²) in [6, 6.07) is 10.7. The van der Waals surface area contributed by atoms with Gasteiger partial charge in [0.2, 0.25) is 0 Å². The van der Waals surface area contributed by atoms with Gasteiger partial charge in [0.05, 0.1) is 10.2 Å². The van der Waals surface area contributed by atoms with Crippen molar-refractivity contribution in [3.8, 4) is 10.6 Å². The Balaban J connectivity index is 0.00000147. The van der Waals surface area contributed by atoms with E-state index in [1.807, 2.05) is 0 Å². The molecule has 0 aliphatic rings. The van der Waals surface area contributed by atoms with E-state index < -0.39 is 0 Å². The Morgan fingerprint density at radius 2 is 1.90 bits per heavy atom. The lowest BCUT2D eigenvalue weighted by Gasteiger charge is -1.95. The minimum absolute atomic E-state index is 0. The Labute approximate surface area is 140 Å². The van der Waals surface area contributed by atoms with Crippen LogP contribution >= 0.6 is 11.3 Å². The molecule has 1 aromatic carbocycles. The molecule has 0 spiro atoms. The predicted molar refractivity (Wildman–Crippen MR) is 80.3 cm³/mol. The fourth-order valence-corrected chi connectivity index (χ4v) is 3.23. The molecule has 3 rings (SSSR count). The van der Waals surface area contributed by atoms with E-state index in [4.69, 9.17) is 4.98 Å². The normalized spacial score (nSPS) is 10.5. The van der Waals surface area contributed by atoms with E-state index in [0.29, 0.717) is 0 Å². The van der Waals surface area contributed by atoms with E-state index in [0.717, 1.165) is 23.5 Å². The summed E-state index contributed by atoms with van der Waals surface area (Å²) < 4.78 is 3.47. The number of rotatable bonds is 3. The second-order valence-corrected chi connectivity index (χ2v) is 5.85. The number of hydrogen-bond acceptors (Lipinski definition) is 2. The number of nitrogens with zero attached hydrogens (tertiary/aromatic N) is 2. The minimum Gasteiger partial charge on any atom is -1.00 e. The van der Waals surface area contributed by atoms with E-state index >= 15 is 0 Å². The van der Waals surface area contributed by atoms with Gasteiger partial charge in [-0.1, -0.05) is 13.0 Å². The van der Waals surface area contributed by atoms with Crippen LogP contribution in [0.1, 0.15) is 18.9 Å². The maximum absolute atomic E-state index is 4.71. The van der Waals surface area contributed by atoms with Gasteiger partial charge in [0, 0.05) is 24.1 Å². The molecule has 2 nitrogen and oxygen atoms in total. The molecule has 0 saturated heterocycles. The quantitative estimate of drug-likeness (QED) is 0.477. The van der Waals surface area contributed by atoms with Gasteiger partial charge < -0.3 is 24.0 Å². The first kappa shape index (κ1) is 15.4. The molecule has 0 atom stereocenters. The molecule has 3 aromatic rings. The molecule has 0 fully saturated rings. The molecule has 2 aromatic heterocycles. The zero-order valence-corrected chi connectivity index (χ0v) is 14.6. The number of halogens is 1. The summed E-state index contributed by atoms with van der Waals surface area (Å²) in [5.41, 5.74) is 3.58. The molecule has 2 heterocycles. The van der Waals surface area contributed by atoms with Gasteiger partial charge >= 0.3 is 0 Å². The first-order valence-corrected chi connectivity index (χ1v) is 7.44. The van der Waals surface area contributed by atoms with E-state index in [2.05, 4.69) is 61.1 Å². The molecule has 0 aliphatic heterocycles. The zero-order chi connectivity index (χ0) is 13.2. The van der Waals surface area contributed by atoms with Gasteiger partial charge in [-0.3, -0.25) is 0 Å². The van der Waals surface area contributed by atoms with Gasteiger partial charge in [0.1, 0.15) is 11.6 Å². The van der Waals surface area contributed by atoms with Crippen LogP contribution in [0.2, 0.25) is 0 Å². The number of benzene rings is 1. The van der Waals surface area contributed by atoms with Crippen LogP contribution < -0.4 is 28.5 Å². The standard InChI is InChI=1S/C16H17N2S.HI/c1-3-8-18-9-6-13(7-10-18)16-17-14-5-4-12(2)11-15(14)19-16;/h4-7,9-11H,3,8H2,1-2H3;1H/q+1;/p-1. The second kappa shape index (κ2) is 6.63. The van der Waals surface area contributed by atoms with E-state index in [1.54, 1.807) is 11.3 Å². The highest BCUT2D eigenvalue weighted by Crippen LogP contribution is 2.30. The van der Waals surface area contributed by atoms with E-state index in [9.17, 15) is 0 Å². The Kier molecular flexibility index (Phi) is 5.10. The highest BCUT2D eigenvalue weighted by Gasteiger charge is 2.08. The second-order valence-electron chi connectivity index (χ2n) is 4.81. The average molecular weight is 396 g/mol. The van der Waals surface area contributed by atoms with Crippen LogP contribution in [0.5, 0.6) is 0 Å². The van der Waals surface area contributed by atoms with Crippen molar-refractivity contribution in [2.75, 3.05) is 0 Å². The number of aryl methyl sites for hydroxylation is 2. The van der Waals surface area contributed by atoms with Gasteiger partial charge in [-0.15, -0.1) is 11.3 Å². The average Bonchev–Trinajstić information content (AvgIpc) is 2.83. The SMILES string of the molecule is CCC[n+]1ccc(-c2nc3ccc(C)cc3s2)cc1.[I-]. The molecular formula is C16H17IN2S. The molecular weight excluding hydrogens is 379 g/mol.